The molecule has 0 aromatic heterocycles. The molecule has 0 rings (SSSR count). The zero-order valence-electron chi connectivity index (χ0n) is 40.1. The van der Waals surface area contributed by atoms with Crippen molar-refractivity contribution in [3.05, 3.63) is 5.73 Å². The van der Waals surface area contributed by atoms with Gasteiger partial charge in [-0.25, -0.2) is 0 Å². The second-order valence-electron chi connectivity index (χ2n) is 15.2. The van der Waals surface area contributed by atoms with Crippen LogP contribution in [0.1, 0.15) is 46.5 Å². The Hall–Kier alpha value is -5.14. The molecule has 66 heavy (non-hydrogen) atoms. The molecule has 8 amide bonds. The van der Waals surface area contributed by atoms with Crippen LogP contribution in [0, 0.1) is 0 Å². The van der Waals surface area contributed by atoms with Crippen LogP contribution in [0.25, 0.3) is 5.73 Å². The number of unbranched alkanes of at least 4 members (excludes halogenated alkanes) is 1. The molecule has 0 aliphatic rings. The maximum atomic E-state index is 14.2. The fourth-order valence-corrected chi connectivity index (χ4v) is 6.10. The Bertz CT molecular complexity index is 1550. The lowest BCUT2D eigenvalue weighted by Crippen LogP contribution is -2.53. The number of nitrogens with one attached hydrogen (secondary N) is 3. The standard InChI is InChI=1S/C42H74N9O15/c1-32(52)26-47(15-20-62-4)39(58)30-50(18-23-65-7)40(59)27-46(14-10-9-13-44-36(55)12-11-35(33(2)53)45-34(3)54)38(57)29-49(17-22-64-6)42(61)31-51(19-24-66-8)41(60)28-48(16-21-63-5)37(56)25-43/h35,43H,9-31H2,1-8H3,(H,44,55)(H,45,54)/q-1. The molecule has 3 N–H and O–H groups in total. The number of amides is 8. The van der Waals surface area contributed by atoms with Gasteiger partial charge in [0.2, 0.25) is 47.3 Å². The van der Waals surface area contributed by atoms with Gasteiger partial charge in [0.1, 0.15) is 5.78 Å². The highest BCUT2D eigenvalue weighted by atomic mass is 16.5. The Morgan fingerprint density at radius 2 is 0.803 bits per heavy atom. The van der Waals surface area contributed by atoms with E-state index < -0.39 is 86.7 Å². The van der Waals surface area contributed by atoms with Crippen molar-refractivity contribution < 1.29 is 71.6 Å². The lowest BCUT2D eigenvalue weighted by Gasteiger charge is -2.32. The van der Waals surface area contributed by atoms with E-state index in [1.807, 2.05) is 0 Å². The lowest BCUT2D eigenvalue weighted by atomic mass is 10.1. The number of carbonyl (C=O) groups excluding carboxylic acids is 10. The molecule has 0 aromatic carbocycles. The quantitative estimate of drug-likeness (QED) is 0.0611. The van der Waals surface area contributed by atoms with Crippen molar-refractivity contribution in [1.29, 1.82) is 0 Å². The predicted octanol–water partition coefficient (Wildman–Crippen LogP) is -2.40. The van der Waals surface area contributed by atoms with Crippen LogP contribution in [-0.2, 0) is 71.6 Å². The molecule has 0 radical (unpaired) electrons. The first-order chi connectivity index (χ1) is 31.4. The third-order valence-electron chi connectivity index (χ3n) is 9.84. The Morgan fingerprint density at radius 1 is 0.470 bits per heavy atom. The third kappa shape index (κ3) is 26.7. The van der Waals surface area contributed by atoms with Gasteiger partial charge in [0.15, 0.2) is 5.78 Å². The van der Waals surface area contributed by atoms with E-state index in [0.29, 0.717) is 6.42 Å². The summed E-state index contributed by atoms with van der Waals surface area (Å²) in [6.07, 6.45) is 0.666. The molecule has 1 atom stereocenters. The second kappa shape index (κ2) is 36.0. The zero-order chi connectivity index (χ0) is 50.0. The van der Waals surface area contributed by atoms with E-state index >= 15 is 0 Å². The fourth-order valence-electron chi connectivity index (χ4n) is 6.10. The summed E-state index contributed by atoms with van der Waals surface area (Å²) in [5, 5.41) is 5.25. The molecule has 0 aromatic rings. The number of carbonyl (C=O) groups is 10. The van der Waals surface area contributed by atoms with E-state index in [9.17, 15) is 47.9 Å². The smallest absolute Gasteiger partial charge is 0.242 e. The van der Waals surface area contributed by atoms with E-state index in [1.165, 1.54) is 80.8 Å². The molecule has 0 spiro atoms. The first-order valence-electron chi connectivity index (χ1n) is 21.7. The number of Topliss-reactive ketones (excluding diaryl/α,β-unsaturated/α-hetero) is 2. The second-order valence-corrected chi connectivity index (χ2v) is 15.2. The van der Waals surface area contributed by atoms with Crippen LogP contribution in [-0.4, -0.2) is 254 Å². The average Bonchev–Trinajstić information content (AvgIpc) is 3.27. The molecule has 0 saturated heterocycles. The number of rotatable bonds is 38. The molecule has 24 nitrogen and oxygen atoms in total. The van der Waals surface area contributed by atoms with E-state index in [4.69, 9.17) is 29.4 Å². The van der Waals surface area contributed by atoms with Crippen LogP contribution in [0.2, 0.25) is 0 Å². The van der Waals surface area contributed by atoms with Crippen molar-refractivity contribution in [2.24, 2.45) is 0 Å². The Kier molecular flexibility index (Phi) is 33.2. The summed E-state index contributed by atoms with van der Waals surface area (Å²) < 4.78 is 25.7. The highest BCUT2D eigenvalue weighted by Gasteiger charge is 2.29. The number of ether oxygens (including phenoxy) is 5. The molecule has 0 bridgehead atoms. The summed E-state index contributed by atoms with van der Waals surface area (Å²) in [4.78, 5) is 137. The molecular formula is C42H74N9O15-. The number of hydrogen-bond acceptors (Lipinski definition) is 15. The van der Waals surface area contributed by atoms with Crippen LogP contribution >= 0.6 is 0 Å². The van der Waals surface area contributed by atoms with Crippen molar-refractivity contribution >= 4 is 58.8 Å². The van der Waals surface area contributed by atoms with E-state index in [1.54, 1.807) is 0 Å². The highest BCUT2D eigenvalue weighted by molar-refractivity contribution is 5.93. The number of nitrogens with zero attached hydrogens (tertiary/aromatic N) is 6. The molecule has 1 unspecified atom stereocenters. The van der Waals surface area contributed by atoms with Crippen molar-refractivity contribution in [2.45, 2.75) is 52.5 Å². The molecule has 0 aliphatic heterocycles. The van der Waals surface area contributed by atoms with Crippen molar-refractivity contribution in [1.82, 2.24) is 40.0 Å². The van der Waals surface area contributed by atoms with Gasteiger partial charge in [0, 0.05) is 94.7 Å². The molecule has 0 aliphatic carbocycles. The van der Waals surface area contributed by atoms with E-state index in [2.05, 4.69) is 10.6 Å². The minimum atomic E-state index is -0.808. The van der Waals surface area contributed by atoms with Gasteiger partial charge in [-0.2, -0.15) is 0 Å². The largest absolute Gasteiger partial charge is 0.670 e. The Balaban J connectivity index is 6.51. The maximum absolute atomic E-state index is 14.2. The van der Waals surface area contributed by atoms with Gasteiger partial charge in [-0.05, 0) is 33.1 Å². The van der Waals surface area contributed by atoms with Gasteiger partial charge >= 0.3 is 0 Å². The van der Waals surface area contributed by atoms with Gasteiger partial charge in [0.25, 0.3) is 0 Å². The number of methoxy groups -OCH3 is 5. The van der Waals surface area contributed by atoms with Crippen LogP contribution < -0.4 is 10.6 Å². The Labute approximate surface area is 388 Å². The minimum absolute atomic E-state index is 0.00280. The predicted molar refractivity (Wildman–Crippen MR) is 238 cm³/mol. The normalized spacial score (nSPS) is 11.2. The third-order valence-corrected chi connectivity index (χ3v) is 9.84. The lowest BCUT2D eigenvalue weighted by molar-refractivity contribution is -0.148. The number of ketones is 2. The minimum Gasteiger partial charge on any atom is -0.670 e. The van der Waals surface area contributed by atoms with E-state index in [0.717, 1.165) is 4.90 Å². The monoisotopic (exact) mass is 945 g/mol. The Morgan fingerprint density at radius 3 is 1.11 bits per heavy atom. The molecule has 0 fully saturated rings. The van der Waals surface area contributed by atoms with Gasteiger partial charge in [0.05, 0.1) is 78.3 Å². The number of hydrogen-bond donors (Lipinski definition) is 2. The SMILES string of the molecule is COCCN(CC(C)=O)C(=O)CN(CCOC)C(=O)CN(CCCCNC(=O)CCC(NC(C)=O)C(C)=O)C(=O)CN(CCOC)C(=O)CN(CCOC)C(=O)CN(CCOC)C(=O)C[NH-]. The van der Waals surface area contributed by atoms with Crippen LogP contribution in [0.3, 0.4) is 0 Å². The summed E-state index contributed by atoms with van der Waals surface area (Å²) in [6.45, 7) is 0.993. The topological polar surface area (TPSA) is 284 Å². The fraction of sp³-hybridized carbons (Fsp3) is 0.762. The first kappa shape index (κ1) is 60.9. The van der Waals surface area contributed by atoms with Crippen LogP contribution in [0.4, 0.5) is 0 Å². The highest BCUT2D eigenvalue weighted by Crippen LogP contribution is 2.07. The van der Waals surface area contributed by atoms with Crippen LogP contribution in [0.5, 0.6) is 0 Å². The first-order valence-corrected chi connectivity index (χ1v) is 21.7. The molecule has 0 heterocycles. The summed E-state index contributed by atoms with van der Waals surface area (Å²) in [5.41, 5.74) is 7.51. The molecular weight excluding hydrogens is 871 g/mol. The van der Waals surface area contributed by atoms with Gasteiger partial charge in [-0.15, -0.1) is 0 Å². The zero-order valence-corrected chi connectivity index (χ0v) is 40.1. The van der Waals surface area contributed by atoms with Crippen LogP contribution in [0.15, 0.2) is 0 Å². The molecule has 378 valence electrons. The summed E-state index contributed by atoms with van der Waals surface area (Å²) in [6, 6.07) is -0.808. The maximum Gasteiger partial charge on any atom is 0.242 e. The summed E-state index contributed by atoms with van der Waals surface area (Å²) in [5.74, 6) is -5.07. The van der Waals surface area contributed by atoms with E-state index in [-0.39, 0.29) is 122 Å². The van der Waals surface area contributed by atoms with Crippen molar-refractivity contribution in [3.8, 4) is 0 Å². The molecule has 24 heteroatoms. The average molecular weight is 945 g/mol. The molecule has 0 saturated carbocycles. The van der Waals surface area contributed by atoms with Gasteiger partial charge in [-0.3, -0.25) is 47.9 Å². The summed E-state index contributed by atoms with van der Waals surface area (Å²) >= 11 is 0. The van der Waals surface area contributed by atoms with Crippen molar-refractivity contribution in [3.63, 3.8) is 0 Å². The van der Waals surface area contributed by atoms with Gasteiger partial charge < -0.3 is 69.5 Å². The van der Waals surface area contributed by atoms with Crippen molar-refractivity contribution in [2.75, 3.05) is 160 Å². The summed E-state index contributed by atoms with van der Waals surface area (Å²) in [7, 11) is 7.08. The van der Waals surface area contributed by atoms with Gasteiger partial charge in [-0.1, -0.05) is 6.54 Å².